The molecule has 0 heterocycles. The average Bonchev–Trinajstić information content (AvgIpc) is 2.28. The summed E-state index contributed by atoms with van der Waals surface area (Å²) in [6, 6.07) is 6.17. The quantitative estimate of drug-likeness (QED) is 0.771. The first-order chi connectivity index (χ1) is 8.54. The van der Waals surface area contributed by atoms with E-state index in [0.717, 1.165) is 24.2 Å². The highest BCUT2D eigenvalue weighted by molar-refractivity contribution is 7.85. The molecule has 0 fully saturated rings. The highest BCUT2D eigenvalue weighted by Gasteiger charge is 2.12. The van der Waals surface area contributed by atoms with Gasteiger partial charge in [0.15, 0.2) is 0 Å². The van der Waals surface area contributed by atoms with E-state index in [1.165, 1.54) is 17.5 Å². The predicted octanol–water partition coefficient (Wildman–Crippen LogP) is 3.24. The van der Waals surface area contributed by atoms with E-state index in [9.17, 15) is 4.21 Å². The summed E-state index contributed by atoms with van der Waals surface area (Å²) < 4.78 is 11.9. The van der Waals surface area contributed by atoms with E-state index in [0.29, 0.717) is 5.75 Å². The van der Waals surface area contributed by atoms with E-state index in [-0.39, 0.29) is 6.04 Å². The van der Waals surface area contributed by atoms with Gasteiger partial charge in [0, 0.05) is 28.3 Å². The lowest BCUT2D eigenvalue weighted by atomic mass is 10.0. The van der Waals surface area contributed by atoms with Crippen molar-refractivity contribution in [1.82, 2.24) is 0 Å². The maximum absolute atomic E-state index is 11.9. The zero-order valence-corrected chi connectivity index (χ0v) is 12.6. The number of hydrogen-bond acceptors (Lipinski definition) is 2. The molecule has 0 aliphatic rings. The van der Waals surface area contributed by atoms with Crippen LogP contribution in [0.2, 0.25) is 0 Å². The fraction of sp³-hybridized carbons (Fsp3) is 0.600. The summed E-state index contributed by atoms with van der Waals surface area (Å²) in [5.74, 6) is 1.36. The lowest BCUT2D eigenvalue weighted by molar-refractivity contribution is 0.668. The van der Waals surface area contributed by atoms with Gasteiger partial charge >= 0.3 is 0 Å². The van der Waals surface area contributed by atoms with Crippen molar-refractivity contribution in [3.05, 3.63) is 34.9 Å². The van der Waals surface area contributed by atoms with Crippen molar-refractivity contribution in [2.45, 2.75) is 46.1 Å². The van der Waals surface area contributed by atoms with Crippen LogP contribution in [0.15, 0.2) is 18.2 Å². The topological polar surface area (TPSA) is 43.1 Å². The van der Waals surface area contributed by atoms with Crippen LogP contribution in [0, 0.1) is 13.8 Å². The molecule has 102 valence electrons. The Labute approximate surface area is 113 Å². The fourth-order valence-corrected chi connectivity index (χ4v) is 3.40. The molecule has 1 rings (SSSR count). The summed E-state index contributed by atoms with van der Waals surface area (Å²) >= 11 is 0. The van der Waals surface area contributed by atoms with E-state index >= 15 is 0 Å². The van der Waals surface area contributed by atoms with Crippen LogP contribution < -0.4 is 5.73 Å². The number of rotatable bonds is 7. The summed E-state index contributed by atoms with van der Waals surface area (Å²) in [6.45, 7) is 6.30. The number of nitrogens with two attached hydrogens (primary N) is 1. The van der Waals surface area contributed by atoms with Gasteiger partial charge in [-0.15, -0.1) is 0 Å². The second-order valence-electron chi connectivity index (χ2n) is 4.98. The molecule has 0 aliphatic heterocycles. The van der Waals surface area contributed by atoms with Crippen molar-refractivity contribution in [3.63, 3.8) is 0 Å². The molecule has 0 aromatic heterocycles. The normalized spacial score (nSPS) is 14.4. The summed E-state index contributed by atoms with van der Waals surface area (Å²) in [7, 11) is -0.791. The minimum absolute atomic E-state index is 0.104. The van der Waals surface area contributed by atoms with Crippen molar-refractivity contribution >= 4 is 10.8 Å². The second kappa shape index (κ2) is 7.70. The third-order valence-corrected chi connectivity index (χ3v) is 4.64. The van der Waals surface area contributed by atoms with E-state index in [1.807, 2.05) is 0 Å². The van der Waals surface area contributed by atoms with Gasteiger partial charge in [-0.05, 0) is 31.4 Å². The van der Waals surface area contributed by atoms with Crippen LogP contribution in [0.1, 0.15) is 48.9 Å². The Bertz CT molecular complexity index is 403. The third kappa shape index (κ3) is 4.91. The van der Waals surface area contributed by atoms with Crippen LogP contribution in [0.25, 0.3) is 0 Å². The lowest BCUT2D eigenvalue weighted by Crippen LogP contribution is -2.20. The maximum atomic E-state index is 11.9. The second-order valence-corrected chi connectivity index (χ2v) is 6.61. The summed E-state index contributed by atoms with van der Waals surface area (Å²) in [5, 5.41) is 0. The first-order valence-corrected chi connectivity index (χ1v) is 8.21. The van der Waals surface area contributed by atoms with E-state index in [1.54, 1.807) is 0 Å². The average molecular weight is 267 g/mol. The van der Waals surface area contributed by atoms with Crippen LogP contribution in [-0.2, 0) is 10.8 Å². The highest BCUT2D eigenvalue weighted by atomic mass is 32.2. The summed E-state index contributed by atoms with van der Waals surface area (Å²) in [6.07, 6.45) is 3.37. The van der Waals surface area contributed by atoms with Crippen LogP contribution in [0.5, 0.6) is 0 Å². The highest BCUT2D eigenvalue weighted by Crippen LogP contribution is 2.18. The maximum Gasteiger partial charge on any atom is 0.0428 e. The Morgan fingerprint density at radius 2 is 2.00 bits per heavy atom. The van der Waals surface area contributed by atoms with Gasteiger partial charge in [-0.1, -0.05) is 43.5 Å². The molecule has 0 saturated carbocycles. The lowest BCUT2D eigenvalue weighted by Gasteiger charge is -2.15. The fourth-order valence-electron chi connectivity index (χ4n) is 2.13. The van der Waals surface area contributed by atoms with Gasteiger partial charge < -0.3 is 5.73 Å². The minimum Gasteiger partial charge on any atom is -0.323 e. The van der Waals surface area contributed by atoms with E-state index in [2.05, 4.69) is 39.0 Å². The van der Waals surface area contributed by atoms with Gasteiger partial charge in [0.1, 0.15) is 0 Å². The van der Waals surface area contributed by atoms with Crippen molar-refractivity contribution in [2.24, 2.45) is 5.73 Å². The van der Waals surface area contributed by atoms with Crippen LogP contribution in [0.4, 0.5) is 0 Å². The molecule has 0 aliphatic carbocycles. The van der Waals surface area contributed by atoms with Gasteiger partial charge in [0.05, 0.1) is 0 Å². The van der Waals surface area contributed by atoms with Gasteiger partial charge in [0.25, 0.3) is 0 Å². The molecule has 0 saturated heterocycles. The predicted molar refractivity (Wildman–Crippen MR) is 80.2 cm³/mol. The van der Waals surface area contributed by atoms with Crippen molar-refractivity contribution in [1.29, 1.82) is 0 Å². The Kier molecular flexibility index (Phi) is 6.58. The first kappa shape index (κ1) is 15.4. The van der Waals surface area contributed by atoms with Crippen LogP contribution in [-0.4, -0.2) is 15.7 Å². The monoisotopic (exact) mass is 267 g/mol. The summed E-state index contributed by atoms with van der Waals surface area (Å²) in [5.41, 5.74) is 9.73. The molecule has 2 unspecified atom stereocenters. The van der Waals surface area contributed by atoms with Gasteiger partial charge in [0.2, 0.25) is 0 Å². The molecular formula is C15H25NOS. The van der Waals surface area contributed by atoms with Crippen LogP contribution in [0.3, 0.4) is 0 Å². The standard InChI is InChI=1S/C15H25NOS/c1-4-5-6-9-18(17)11-15(16)14-8-7-12(2)10-13(14)3/h7-8,10,15H,4-6,9,11,16H2,1-3H3. The van der Waals surface area contributed by atoms with Crippen molar-refractivity contribution in [3.8, 4) is 0 Å². The summed E-state index contributed by atoms with van der Waals surface area (Å²) in [4.78, 5) is 0. The molecule has 1 aromatic rings. The van der Waals surface area contributed by atoms with Crippen molar-refractivity contribution in [2.75, 3.05) is 11.5 Å². The molecule has 0 radical (unpaired) electrons. The van der Waals surface area contributed by atoms with E-state index < -0.39 is 10.8 Å². The number of benzene rings is 1. The molecule has 0 spiro atoms. The van der Waals surface area contributed by atoms with Gasteiger partial charge in [-0.2, -0.15) is 0 Å². The zero-order chi connectivity index (χ0) is 13.5. The molecule has 0 amide bonds. The van der Waals surface area contributed by atoms with E-state index in [4.69, 9.17) is 5.73 Å². The Morgan fingerprint density at radius 1 is 1.28 bits per heavy atom. The molecule has 2 N–H and O–H groups in total. The molecule has 0 bridgehead atoms. The molecular weight excluding hydrogens is 242 g/mol. The van der Waals surface area contributed by atoms with Gasteiger partial charge in [-0.3, -0.25) is 4.21 Å². The number of unbranched alkanes of at least 4 members (excludes halogenated alkanes) is 2. The largest absolute Gasteiger partial charge is 0.323 e. The SMILES string of the molecule is CCCCCS(=O)CC(N)c1ccc(C)cc1C. The molecule has 3 heteroatoms. The number of aryl methyl sites for hydroxylation is 2. The molecule has 2 nitrogen and oxygen atoms in total. The Hall–Kier alpha value is -0.670. The van der Waals surface area contributed by atoms with Crippen LogP contribution >= 0.6 is 0 Å². The first-order valence-electron chi connectivity index (χ1n) is 6.72. The molecule has 18 heavy (non-hydrogen) atoms. The zero-order valence-electron chi connectivity index (χ0n) is 11.7. The Morgan fingerprint density at radius 3 is 2.61 bits per heavy atom. The third-order valence-electron chi connectivity index (χ3n) is 3.17. The molecule has 2 atom stereocenters. The van der Waals surface area contributed by atoms with Gasteiger partial charge in [-0.25, -0.2) is 0 Å². The minimum atomic E-state index is -0.791. The smallest absolute Gasteiger partial charge is 0.0428 e. The number of hydrogen-bond donors (Lipinski definition) is 1. The van der Waals surface area contributed by atoms with Crippen molar-refractivity contribution < 1.29 is 4.21 Å². The Balaban J connectivity index is 2.54. The molecule has 1 aromatic carbocycles.